The van der Waals surface area contributed by atoms with Crippen LogP contribution in [0, 0.1) is 0 Å². The van der Waals surface area contributed by atoms with Crippen LogP contribution in [-0.2, 0) is 5.60 Å². The first kappa shape index (κ1) is 11.7. The molecule has 0 saturated carbocycles. The van der Waals surface area contributed by atoms with Gasteiger partial charge < -0.3 is 20.1 Å². The highest BCUT2D eigenvalue weighted by atomic mass is 16.4. The van der Waals surface area contributed by atoms with Gasteiger partial charge in [0.2, 0.25) is 5.56 Å². The average molecular weight is 238 g/mol. The van der Waals surface area contributed by atoms with E-state index < -0.39 is 11.7 Å². The highest BCUT2D eigenvalue weighted by Crippen LogP contribution is 2.31. The minimum absolute atomic E-state index is 0.267. The van der Waals surface area contributed by atoms with Gasteiger partial charge in [0.15, 0.2) is 0 Å². The van der Waals surface area contributed by atoms with E-state index in [0.29, 0.717) is 18.4 Å². The summed E-state index contributed by atoms with van der Waals surface area (Å²) in [6, 6.07) is 3.01. The van der Waals surface area contributed by atoms with Crippen LogP contribution in [0.4, 0.5) is 4.79 Å². The van der Waals surface area contributed by atoms with Gasteiger partial charge in [-0.15, -0.1) is 0 Å². The topological polar surface area (TPSA) is 93.6 Å². The molecule has 6 heteroatoms. The molecule has 1 aliphatic rings. The molecule has 0 aromatic carbocycles. The van der Waals surface area contributed by atoms with Crippen molar-refractivity contribution in [1.82, 2.24) is 9.88 Å². The summed E-state index contributed by atoms with van der Waals surface area (Å²) in [6.07, 6.45) is 1.13. The summed E-state index contributed by atoms with van der Waals surface area (Å²) in [5.74, 6) is 0. The summed E-state index contributed by atoms with van der Waals surface area (Å²) in [4.78, 5) is 25.7. The van der Waals surface area contributed by atoms with Crippen molar-refractivity contribution < 1.29 is 15.0 Å². The van der Waals surface area contributed by atoms with Gasteiger partial charge in [-0.3, -0.25) is 4.79 Å². The lowest BCUT2D eigenvalue weighted by atomic mass is 9.85. The number of hydrogen-bond donors (Lipinski definition) is 3. The number of pyridine rings is 1. The number of nitrogens with one attached hydrogen (secondary N) is 1. The molecule has 1 aromatic rings. The molecular formula is C11H14N2O4. The Morgan fingerprint density at radius 3 is 2.59 bits per heavy atom. The fraction of sp³-hybridized carbons (Fsp3) is 0.455. The van der Waals surface area contributed by atoms with Gasteiger partial charge in [-0.1, -0.05) is 0 Å². The molecule has 1 saturated heterocycles. The molecule has 0 atom stereocenters. The van der Waals surface area contributed by atoms with Crippen LogP contribution >= 0.6 is 0 Å². The first-order chi connectivity index (χ1) is 8.01. The van der Waals surface area contributed by atoms with E-state index in [2.05, 4.69) is 4.98 Å². The number of hydrogen-bond acceptors (Lipinski definition) is 3. The number of amides is 1. The van der Waals surface area contributed by atoms with Crippen LogP contribution in [0.2, 0.25) is 0 Å². The molecule has 0 bridgehead atoms. The molecule has 1 amide bonds. The predicted molar refractivity (Wildman–Crippen MR) is 59.8 cm³/mol. The standard InChI is InChI=1S/C11H14N2O4/c14-9-7-8(1-4-12-9)11(17)2-5-13(6-3-11)10(15)16/h1,4,7,17H,2-3,5-6H2,(H,12,14)(H,15,16). The molecule has 0 spiro atoms. The van der Waals surface area contributed by atoms with E-state index in [1.165, 1.54) is 17.2 Å². The molecule has 1 aromatic heterocycles. The first-order valence-corrected chi connectivity index (χ1v) is 5.41. The number of carboxylic acid groups (broad SMARTS) is 1. The second-order valence-electron chi connectivity index (χ2n) is 4.24. The van der Waals surface area contributed by atoms with Gasteiger partial charge in [-0.05, 0) is 24.5 Å². The number of rotatable bonds is 1. The monoisotopic (exact) mass is 238 g/mol. The molecule has 0 unspecified atom stereocenters. The summed E-state index contributed by atoms with van der Waals surface area (Å²) >= 11 is 0. The zero-order valence-electron chi connectivity index (χ0n) is 9.22. The maximum Gasteiger partial charge on any atom is 0.407 e. The Morgan fingerprint density at radius 2 is 2.06 bits per heavy atom. The molecule has 3 N–H and O–H groups in total. The molecule has 2 rings (SSSR count). The Morgan fingerprint density at radius 1 is 1.41 bits per heavy atom. The maximum absolute atomic E-state index is 11.2. The van der Waals surface area contributed by atoms with Gasteiger partial charge in [-0.2, -0.15) is 0 Å². The molecule has 1 fully saturated rings. The zero-order chi connectivity index (χ0) is 12.5. The third-order valence-corrected chi connectivity index (χ3v) is 3.17. The number of aliphatic hydroxyl groups is 1. The van der Waals surface area contributed by atoms with E-state index in [9.17, 15) is 14.7 Å². The van der Waals surface area contributed by atoms with Crippen molar-refractivity contribution in [2.75, 3.05) is 13.1 Å². The molecule has 17 heavy (non-hydrogen) atoms. The Labute approximate surface area is 97.5 Å². The number of nitrogens with zero attached hydrogens (tertiary/aromatic N) is 1. The lowest BCUT2D eigenvalue weighted by Crippen LogP contribution is -2.44. The molecule has 1 aliphatic heterocycles. The van der Waals surface area contributed by atoms with Crippen LogP contribution in [-0.4, -0.2) is 39.3 Å². The molecule has 0 radical (unpaired) electrons. The van der Waals surface area contributed by atoms with E-state index >= 15 is 0 Å². The van der Waals surface area contributed by atoms with Gasteiger partial charge in [0.1, 0.15) is 0 Å². The third-order valence-electron chi connectivity index (χ3n) is 3.17. The Hall–Kier alpha value is -1.82. The van der Waals surface area contributed by atoms with Crippen LogP contribution in [0.5, 0.6) is 0 Å². The minimum atomic E-state index is -1.10. The lowest BCUT2D eigenvalue weighted by molar-refractivity contribution is -0.0214. The number of carbonyl (C=O) groups is 1. The van der Waals surface area contributed by atoms with E-state index in [1.54, 1.807) is 6.07 Å². The van der Waals surface area contributed by atoms with Gasteiger partial charge in [0, 0.05) is 25.4 Å². The zero-order valence-corrected chi connectivity index (χ0v) is 9.22. The van der Waals surface area contributed by atoms with Gasteiger partial charge in [-0.25, -0.2) is 4.79 Å². The highest BCUT2D eigenvalue weighted by Gasteiger charge is 2.35. The molecule has 0 aliphatic carbocycles. The SMILES string of the molecule is O=C(O)N1CCC(O)(c2cc[nH]c(=O)c2)CC1. The largest absolute Gasteiger partial charge is 0.465 e. The quantitative estimate of drug-likeness (QED) is 0.657. The Bertz CT molecular complexity index is 474. The number of likely N-dealkylation sites (tertiary alicyclic amines) is 1. The maximum atomic E-state index is 11.2. The summed E-state index contributed by atoms with van der Waals surface area (Å²) in [6.45, 7) is 0.553. The normalized spacial score (nSPS) is 19.0. The fourth-order valence-electron chi connectivity index (χ4n) is 2.09. The van der Waals surface area contributed by atoms with Crippen LogP contribution < -0.4 is 5.56 Å². The summed E-state index contributed by atoms with van der Waals surface area (Å²) in [5.41, 5.74) is -0.817. The van der Waals surface area contributed by atoms with Crippen LogP contribution in [0.1, 0.15) is 18.4 Å². The summed E-state index contributed by atoms with van der Waals surface area (Å²) < 4.78 is 0. The van der Waals surface area contributed by atoms with Crippen molar-refractivity contribution in [2.45, 2.75) is 18.4 Å². The number of aromatic amines is 1. The van der Waals surface area contributed by atoms with Crippen molar-refractivity contribution in [2.24, 2.45) is 0 Å². The predicted octanol–water partition coefficient (Wildman–Crippen LogP) is 0.336. The molecule has 92 valence electrons. The number of piperidine rings is 1. The van der Waals surface area contributed by atoms with Crippen molar-refractivity contribution in [3.8, 4) is 0 Å². The van der Waals surface area contributed by atoms with E-state index in [4.69, 9.17) is 5.11 Å². The Kier molecular flexibility index (Phi) is 2.89. The third kappa shape index (κ3) is 2.31. The number of H-pyrrole nitrogens is 1. The van der Waals surface area contributed by atoms with E-state index in [-0.39, 0.29) is 18.6 Å². The van der Waals surface area contributed by atoms with Crippen molar-refractivity contribution in [3.05, 3.63) is 34.2 Å². The van der Waals surface area contributed by atoms with E-state index in [0.717, 1.165) is 0 Å². The smallest absolute Gasteiger partial charge is 0.407 e. The molecule has 6 nitrogen and oxygen atoms in total. The van der Waals surface area contributed by atoms with Crippen molar-refractivity contribution in [1.29, 1.82) is 0 Å². The minimum Gasteiger partial charge on any atom is -0.465 e. The van der Waals surface area contributed by atoms with Crippen LogP contribution in [0.3, 0.4) is 0 Å². The first-order valence-electron chi connectivity index (χ1n) is 5.41. The fourth-order valence-corrected chi connectivity index (χ4v) is 2.09. The van der Waals surface area contributed by atoms with Crippen LogP contribution in [0.15, 0.2) is 23.1 Å². The van der Waals surface area contributed by atoms with Crippen molar-refractivity contribution >= 4 is 6.09 Å². The van der Waals surface area contributed by atoms with Gasteiger partial charge in [0.25, 0.3) is 0 Å². The highest BCUT2D eigenvalue weighted by molar-refractivity contribution is 5.65. The molecule has 2 heterocycles. The average Bonchev–Trinajstić information content (AvgIpc) is 2.29. The summed E-state index contributed by atoms with van der Waals surface area (Å²) in [7, 11) is 0. The van der Waals surface area contributed by atoms with E-state index in [1.807, 2.05) is 0 Å². The van der Waals surface area contributed by atoms with Crippen LogP contribution in [0.25, 0.3) is 0 Å². The van der Waals surface area contributed by atoms with Gasteiger partial charge >= 0.3 is 6.09 Å². The Balaban J connectivity index is 2.17. The second kappa shape index (κ2) is 4.21. The van der Waals surface area contributed by atoms with Gasteiger partial charge in [0.05, 0.1) is 5.60 Å². The van der Waals surface area contributed by atoms with Crippen molar-refractivity contribution in [3.63, 3.8) is 0 Å². The number of aromatic nitrogens is 1. The summed E-state index contributed by atoms with van der Waals surface area (Å²) in [5, 5.41) is 19.2. The lowest BCUT2D eigenvalue weighted by Gasteiger charge is -2.37. The molecular weight excluding hydrogens is 224 g/mol. The second-order valence-corrected chi connectivity index (χ2v) is 4.24.